The van der Waals surface area contributed by atoms with Gasteiger partial charge >= 0.3 is 0 Å². The number of rotatable bonds is 3. The van der Waals surface area contributed by atoms with Crippen LogP contribution in [-0.4, -0.2) is 49.4 Å². The van der Waals surface area contributed by atoms with E-state index in [-0.39, 0.29) is 17.7 Å². The highest BCUT2D eigenvalue weighted by Crippen LogP contribution is 2.27. The van der Waals surface area contributed by atoms with Gasteiger partial charge in [-0.2, -0.15) is 0 Å². The fourth-order valence-corrected chi connectivity index (χ4v) is 4.12. The van der Waals surface area contributed by atoms with Gasteiger partial charge in [0.15, 0.2) is 0 Å². The van der Waals surface area contributed by atoms with Crippen LogP contribution < -0.4 is 9.80 Å². The van der Waals surface area contributed by atoms with Gasteiger partial charge in [-0.05, 0) is 43.7 Å². The Balaban J connectivity index is 1.36. The number of nitrogens with zero attached hydrogens (tertiary/aromatic N) is 3. The highest BCUT2D eigenvalue weighted by Gasteiger charge is 2.37. The Labute approximate surface area is 166 Å². The lowest BCUT2D eigenvalue weighted by molar-refractivity contribution is -0.136. The number of carbonyl (C=O) groups excluding carboxylic acids is 2. The summed E-state index contributed by atoms with van der Waals surface area (Å²) in [6.45, 7) is 7.69. The average molecular weight is 377 g/mol. The molecule has 146 valence electrons. The summed E-state index contributed by atoms with van der Waals surface area (Å²) in [4.78, 5) is 31.5. The summed E-state index contributed by atoms with van der Waals surface area (Å²) in [5, 5.41) is 0. The monoisotopic (exact) mass is 377 g/mol. The average Bonchev–Trinajstić information content (AvgIpc) is 3.10. The highest BCUT2D eigenvalue weighted by molar-refractivity contribution is 6.00. The minimum atomic E-state index is -0.237. The number of amides is 2. The van der Waals surface area contributed by atoms with E-state index < -0.39 is 0 Å². The molecular formula is C23H27N3O2. The fourth-order valence-electron chi connectivity index (χ4n) is 4.12. The molecule has 2 aliphatic rings. The first-order chi connectivity index (χ1) is 13.5. The predicted molar refractivity (Wildman–Crippen MR) is 112 cm³/mol. The number of anilines is 2. The van der Waals surface area contributed by atoms with Gasteiger partial charge in [-0.1, -0.05) is 29.8 Å². The molecule has 0 aromatic heterocycles. The van der Waals surface area contributed by atoms with E-state index in [0.717, 1.165) is 24.3 Å². The first kappa shape index (κ1) is 18.5. The third-order valence-electron chi connectivity index (χ3n) is 5.78. The zero-order chi connectivity index (χ0) is 19.7. The Morgan fingerprint density at radius 2 is 1.61 bits per heavy atom. The molecule has 0 saturated carbocycles. The van der Waals surface area contributed by atoms with Crippen LogP contribution in [-0.2, 0) is 9.59 Å². The van der Waals surface area contributed by atoms with Crippen molar-refractivity contribution in [1.82, 2.24) is 4.90 Å². The van der Waals surface area contributed by atoms with E-state index in [0.29, 0.717) is 26.1 Å². The van der Waals surface area contributed by atoms with Crippen LogP contribution in [0.3, 0.4) is 0 Å². The summed E-state index contributed by atoms with van der Waals surface area (Å²) in [5.74, 6) is -0.0771. The van der Waals surface area contributed by atoms with E-state index in [1.54, 1.807) is 4.90 Å². The van der Waals surface area contributed by atoms with Gasteiger partial charge in [0.05, 0.1) is 5.92 Å². The lowest BCUT2D eigenvalue weighted by Crippen LogP contribution is -2.50. The molecule has 0 N–H and O–H groups in total. The second-order valence-corrected chi connectivity index (χ2v) is 7.89. The van der Waals surface area contributed by atoms with Crippen molar-refractivity contribution >= 4 is 23.2 Å². The van der Waals surface area contributed by atoms with Gasteiger partial charge in [0.25, 0.3) is 0 Å². The van der Waals surface area contributed by atoms with E-state index in [9.17, 15) is 9.59 Å². The van der Waals surface area contributed by atoms with Crippen LogP contribution in [0.2, 0.25) is 0 Å². The van der Waals surface area contributed by atoms with Crippen LogP contribution in [0.5, 0.6) is 0 Å². The number of aryl methyl sites for hydroxylation is 2. The van der Waals surface area contributed by atoms with Gasteiger partial charge in [-0.3, -0.25) is 9.59 Å². The summed E-state index contributed by atoms with van der Waals surface area (Å²) in [6, 6.07) is 16.4. The summed E-state index contributed by atoms with van der Waals surface area (Å²) < 4.78 is 0. The largest absolute Gasteiger partial charge is 0.368 e. The van der Waals surface area contributed by atoms with Crippen LogP contribution >= 0.6 is 0 Å². The molecule has 5 heteroatoms. The second kappa shape index (κ2) is 7.66. The first-order valence-corrected chi connectivity index (χ1v) is 9.99. The van der Waals surface area contributed by atoms with Crippen LogP contribution in [0.25, 0.3) is 0 Å². The van der Waals surface area contributed by atoms with Gasteiger partial charge in [0.1, 0.15) is 0 Å². The third kappa shape index (κ3) is 3.75. The Hall–Kier alpha value is -2.82. The molecule has 1 unspecified atom stereocenters. The molecule has 2 fully saturated rings. The molecule has 0 radical (unpaired) electrons. The minimum Gasteiger partial charge on any atom is -0.368 e. The lowest BCUT2D eigenvalue weighted by Gasteiger charge is -2.37. The first-order valence-electron chi connectivity index (χ1n) is 9.99. The van der Waals surface area contributed by atoms with Crippen LogP contribution in [0.15, 0.2) is 48.5 Å². The Bertz CT molecular complexity index is 870. The molecule has 1 atom stereocenters. The van der Waals surface area contributed by atoms with Gasteiger partial charge in [0, 0.05) is 50.5 Å². The molecule has 2 amide bonds. The fraction of sp³-hybridized carbons (Fsp3) is 0.391. The summed E-state index contributed by atoms with van der Waals surface area (Å²) in [6.07, 6.45) is 0.310. The van der Waals surface area contributed by atoms with Gasteiger partial charge < -0.3 is 14.7 Å². The number of hydrogen-bond acceptors (Lipinski definition) is 3. The molecule has 4 rings (SSSR count). The van der Waals surface area contributed by atoms with E-state index in [2.05, 4.69) is 36.1 Å². The zero-order valence-corrected chi connectivity index (χ0v) is 16.6. The topological polar surface area (TPSA) is 43.9 Å². The molecule has 28 heavy (non-hydrogen) atoms. The van der Waals surface area contributed by atoms with Crippen molar-refractivity contribution in [3.05, 3.63) is 59.7 Å². The maximum Gasteiger partial charge on any atom is 0.228 e. The van der Waals surface area contributed by atoms with E-state index in [4.69, 9.17) is 0 Å². The molecule has 0 bridgehead atoms. The molecule has 2 aromatic rings. The zero-order valence-electron chi connectivity index (χ0n) is 16.6. The van der Waals surface area contributed by atoms with Gasteiger partial charge in [0.2, 0.25) is 11.8 Å². The molecule has 2 heterocycles. The lowest BCUT2D eigenvalue weighted by atomic mass is 10.1. The third-order valence-corrected chi connectivity index (χ3v) is 5.78. The van der Waals surface area contributed by atoms with E-state index in [1.807, 2.05) is 36.1 Å². The Morgan fingerprint density at radius 1 is 0.893 bits per heavy atom. The van der Waals surface area contributed by atoms with Crippen molar-refractivity contribution in [2.75, 3.05) is 42.5 Å². The Kier molecular flexibility index (Phi) is 5.07. The number of carbonyl (C=O) groups is 2. The van der Waals surface area contributed by atoms with Crippen molar-refractivity contribution < 1.29 is 9.59 Å². The number of hydrogen-bond donors (Lipinski definition) is 0. The minimum absolute atomic E-state index is 0.0422. The number of benzene rings is 2. The summed E-state index contributed by atoms with van der Waals surface area (Å²) in [5.41, 5.74) is 4.51. The normalized spacial score (nSPS) is 20.0. The van der Waals surface area contributed by atoms with Crippen LogP contribution in [0.1, 0.15) is 17.5 Å². The summed E-state index contributed by atoms with van der Waals surface area (Å²) >= 11 is 0. The van der Waals surface area contributed by atoms with Crippen LogP contribution in [0, 0.1) is 19.8 Å². The molecule has 2 aliphatic heterocycles. The Morgan fingerprint density at radius 3 is 2.29 bits per heavy atom. The molecule has 5 nitrogen and oxygen atoms in total. The highest BCUT2D eigenvalue weighted by atomic mass is 16.2. The van der Waals surface area contributed by atoms with E-state index in [1.165, 1.54) is 11.3 Å². The SMILES string of the molecule is Cc1ccc(N2CC(C(=O)N3CCN(c4cccc(C)c4)CC3)CC2=O)cc1. The smallest absolute Gasteiger partial charge is 0.228 e. The van der Waals surface area contributed by atoms with Gasteiger partial charge in [-0.15, -0.1) is 0 Å². The molecule has 0 spiro atoms. The molecule has 0 aliphatic carbocycles. The van der Waals surface area contributed by atoms with Crippen LogP contribution in [0.4, 0.5) is 11.4 Å². The number of piperazine rings is 1. The van der Waals surface area contributed by atoms with Crippen molar-refractivity contribution in [3.8, 4) is 0 Å². The van der Waals surface area contributed by atoms with Crippen molar-refractivity contribution in [2.45, 2.75) is 20.3 Å². The maximum absolute atomic E-state index is 13.0. The second-order valence-electron chi connectivity index (χ2n) is 7.89. The predicted octanol–water partition coefficient (Wildman–Crippen LogP) is 3.01. The van der Waals surface area contributed by atoms with Crippen molar-refractivity contribution in [2.24, 2.45) is 5.92 Å². The quantitative estimate of drug-likeness (QED) is 0.826. The van der Waals surface area contributed by atoms with Gasteiger partial charge in [-0.25, -0.2) is 0 Å². The van der Waals surface area contributed by atoms with E-state index >= 15 is 0 Å². The standard InChI is InChI=1S/C23H27N3O2/c1-17-6-8-20(9-7-17)26-16-19(15-22(26)27)23(28)25-12-10-24(11-13-25)21-5-3-4-18(2)14-21/h3-9,14,19H,10-13,15-16H2,1-2H3. The molecular weight excluding hydrogens is 350 g/mol. The molecule has 2 aromatic carbocycles. The molecule has 2 saturated heterocycles. The van der Waals surface area contributed by atoms with Crippen molar-refractivity contribution in [3.63, 3.8) is 0 Å². The maximum atomic E-state index is 13.0. The van der Waals surface area contributed by atoms with Crippen molar-refractivity contribution in [1.29, 1.82) is 0 Å². The summed E-state index contributed by atoms with van der Waals surface area (Å²) in [7, 11) is 0.